The summed E-state index contributed by atoms with van der Waals surface area (Å²) < 4.78 is 42.4. The summed E-state index contributed by atoms with van der Waals surface area (Å²) in [7, 11) is 0. The van der Waals surface area contributed by atoms with E-state index in [0.717, 1.165) is 0 Å². The van der Waals surface area contributed by atoms with Crippen LogP contribution in [-0.2, 0) is 9.53 Å². The Hall–Kier alpha value is -1.18. The average molecular weight is 240 g/mol. The van der Waals surface area contributed by atoms with Crippen LogP contribution in [-0.4, -0.2) is 30.9 Å². The topological polar surface area (TPSA) is 78.8 Å². The molecule has 0 saturated carbocycles. The summed E-state index contributed by atoms with van der Waals surface area (Å²) >= 11 is 0. The zero-order valence-electron chi connectivity index (χ0n) is 8.12. The van der Waals surface area contributed by atoms with Crippen LogP contribution in [0, 0.1) is 10.8 Å². The molecule has 1 saturated heterocycles. The molecule has 1 fully saturated rings. The summed E-state index contributed by atoms with van der Waals surface area (Å²) in [6, 6.07) is 0. The van der Waals surface area contributed by atoms with Crippen LogP contribution in [0.3, 0.4) is 0 Å². The number of carbonyl (C=O) groups excluding carboxylic acids is 1. The smallest absolute Gasteiger partial charge is 0.399 e. The fourth-order valence-corrected chi connectivity index (χ4v) is 1.82. The van der Waals surface area contributed by atoms with E-state index < -0.39 is 23.6 Å². The molecule has 0 radical (unpaired) electrons. The van der Waals surface area contributed by atoms with Crippen LogP contribution in [0.5, 0.6) is 0 Å². The summed E-state index contributed by atoms with van der Waals surface area (Å²) in [6.45, 7) is -0.239. The Morgan fingerprint density at radius 1 is 1.38 bits per heavy atom. The number of halogens is 3. The van der Waals surface area contributed by atoms with Crippen LogP contribution in [0.2, 0.25) is 0 Å². The summed E-state index contributed by atoms with van der Waals surface area (Å²) in [6.07, 6.45) is -5.78. The van der Waals surface area contributed by atoms with Gasteiger partial charge in [-0.05, 0) is 0 Å². The number of alkyl halides is 3. The Bertz CT molecular complexity index is 285. The molecule has 0 aromatic heterocycles. The lowest BCUT2D eigenvalue weighted by Crippen LogP contribution is -2.55. The van der Waals surface area contributed by atoms with E-state index in [0.29, 0.717) is 0 Å². The lowest BCUT2D eigenvalue weighted by Gasteiger charge is -2.38. The lowest BCUT2D eigenvalue weighted by atomic mass is 9.78. The zero-order valence-corrected chi connectivity index (χ0v) is 8.12. The van der Waals surface area contributed by atoms with Gasteiger partial charge in [-0.1, -0.05) is 5.18 Å². The van der Waals surface area contributed by atoms with Gasteiger partial charge in [0.2, 0.25) is 0 Å². The molecule has 8 heteroatoms. The molecule has 1 heterocycles. The van der Waals surface area contributed by atoms with Crippen molar-refractivity contribution >= 4 is 5.97 Å². The molecular formula is C8H9F3NO4-. The van der Waals surface area contributed by atoms with Gasteiger partial charge in [-0.3, -0.25) is 0 Å². The van der Waals surface area contributed by atoms with Gasteiger partial charge in [0, 0.05) is 26.1 Å². The molecular weight excluding hydrogens is 231 g/mol. The normalized spacial score (nSPS) is 22.4. The Balaban J connectivity index is 3.07. The van der Waals surface area contributed by atoms with Crippen LogP contribution in [0.25, 0.3) is 0 Å². The first-order valence-electron chi connectivity index (χ1n) is 4.53. The van der Waals surface area contributed by atoms with Crippen LogP contribution in [0.1, 0.15) is 12.8 Å². The second-order valence-electron chi connectivity index (χ2n) is 3.60. The third-order valence-electron chi connectivity index (χ3n) is 2.64. The van der Waals surface area contributed by atoms with Crippen LogP contribution < -0.4 is 5.11 Å². The summed E-state index contributed by atoms with van der Waals surface area (Å²) in [4.78, 5) is 21.1. The first-order chi connectivity index (χ1) is 7.33. The highest BCUT2D eigenvalue weighted by molar-refractivity contribution is 5.70. The molecule has 1 rings (SSSR count). The monoisotopic (exact) mass is 240 g/mol. The van der Waals surface area contributed by atoms with E-state index in [1.807, 2.05) is 0 Å². The minimum Gasteiger partial charge on any atom is -0.549 e. The van der Waals surface area contributed by atoms with Gasteiger partial charge in [-0.2, -0.15) is 18.1 Å². The van der Waals surface area contributed by atoms with Crippen molar-refractivity contribution in [3.63, 3.8) is 0 Å². The third kappa shape index (κ3) is 2.31. The summed E-state index contributed by atoms with van der Waals surface area (Å²) in [5, 5.41) is 12.9. The molecule has 5 nitrogen and oxygen atoms in total. The molecule has 1 unspecified atom stereocenters. The van der Waals surface area contributed by atoms with Crippen molar-refractivity contribution in [2.24, 2.45) is 11.1 Å². The summed E-state index contributed by atoms with van der Waals surface area (Å²) in [5.41, 5.74) is -2.20. The largest absolute Gasteiger partial charge is 0.549 e. The first kappa shape index (κ1) is 12.9. The van der Waals surface area contributed by atoms with Crippen LogP contribution in [0.15, 0.2) is 5.18 Å². The average Bonchev–Trinajstić information content (AvgIpc) is 2.16. The molecule has 0 spiro atoms. The van der Waals surface area contributed by atoms with E-state index in [-0.39, 0.29) is 26.1 Å². The summed E-state index contributed by atoms with van der Waals surface area (Å²) in [5.74, 6) is -5.20. The van der Waals surface area contributed by atoms with E-state index >= 15 is 0 Å². The standard InChI is InChI=1S/C8H10F3NO4/c9-8(10,11)5(6(13)14)7(12-15)1-3-16-4-2-7/h5H,1-4H2,(H,13,14)/p-1. The van der Waals surface area contributed by atoms with Crippen molar-refractivity contribution in [1.82, 2.24) is 0 Å². The minimum atomic E-state index is -5.05. The maximum Gasteiger partial charge on any atom is 0.399 e. The van der Waals surface area contributed by atoms with E-state index in [1.54, 1.807) is 0 Å². The lowest BCUT2D eigenvalue weighted by molar-refractivity contribution is -0.331. The maximum atomic E-state index is 12.5. The predicted octanol–water partition coefficient (Wildman–Crippen LogP) is 0.230. The predicted molar refractivity (Wildman–Crippen MR) is 43.1 cm³/mol. The molecule has 0 aromatic carbocycles. The van der Waals surface area contributed by atoms with Crippen LogP contribution in [0.4, 0.5) is 13.2 Å². The van der Waals surface area contributed by atoms with Crippen molar-refractivity contribution in [3.05, 3.63) is 4.91 Å². The molecule has 1 aliphatic heterocycles. The SMILES string of the molecule is O=NC1(C(C(=O)[O-])C(F)(F)F)CCOCC1. The highest BCUT2D eigenvalue weighted by Gasteiger charge is 2.56. The molecule has 0 N–H and O–H groups in total. The van der Waals surface area contributed by atoms with Gasteiger partial charge in [-0.25, -0.2) is 0 Å². The molecule has 16 heavy (non-hydrogen) atoms. The van der Waals surface area contributed by atoms with Gasteiger partial charge in [0.1, 0.15) is 11.5 Å². The van der Waals surface area contributed by atoms with Gasteiger partial charge < -0.3 is 14.6 Å². The molecule has 1 atom stereocenters. The van der Waals surface area contributed by atoms with Gasteiger partial charge in [0.15, 0.2) is 0 Å². The third-order valence-corrected chi connectivity index (χ3v) is 2.64. The highest BCUT2D eigenvalue weighted by atomic mass is 19.4. The second kappa shape index (κ2) is 4.36. The van der Waals surface area contributed by atoms with Gasteiger partial charge >= 0.3 is 6.18 Å². The number of ether oxygens (including phenoxy) is 1. The van der Waals surface area contributed by atoms with Crippen molar-refractivity contribution in [2.45, 2.75) is 24.6 Å². The molecule has 0 bridgehead atoms. The molecule has 1 aliphatic rings. The van der Waals surface area contributed by atoms with Gasteiger partial charge in [0.05, 0.1) is 5.97 Å². The number of carboxylic acids is 1. The van der Waals surface area contributed by atoms with E-state index in [9.17, 15) is 28.0 Å². The van der Waals surface area contributed by atoms with Crippen molar-refractivity contribution in [1.29, 1.82) is 0 Å². The maximum absolute atomic E-state index is 12.5. The van der Waals surface area contributed by atoms with E-state index in [2.05, 4.69) is 5.18 Å². The van der Waals surface area contributed by atoms with Crippen molar-refractivity contribution < 1.29 is 27.8 Å². The zero-order chi connectivity index (χ0) is 12.4. The number of nitrogens with zero attached hydrogens (tertiary/aromatic N) is 1. The molecule has 0 aromatic rings. The number of aliphatic carboxylic acids is 1. The minimum absolute atomic E-state index is 0.119. The van der Waals surface area contributed by atoms with Crippen molar-refractivity contribution in [3.8, 4) is 0 Å². The fraction of sp³-hybridized carbons (Fsp3) is 0.875. The van der Waals surface area contributed by atoms with Gasteiger partial charge in [0.25, 0.3) is 0 Å². The molecule has 92 valence electrons. The fourth-order valence-electron chi connectivity index (χ4n) is 1.82. The number of hydrogen-bond donors (Lipinski definition) is 0. The number of rotatable bonds is 3. The number of nitroso groups, excluding NO2 is 1. The molecule has 0 aliphatic carbocycles. The Labute approximate surface area is 88.5 Å². The van der Waals surface area contributed by atoms with E-state index in [1.165, 1.54) is 0 Å². The molecule has 0 amide bonds. The van der Waals surface area contributed by atoms with E-state index in [4.69, 9.17) is 4.74 Å². The first-order valence-corrected chi connectivity index (χ1v) is 4.53. The van der Waals surface area contributed by atoms with Gasteiger partial charge in [-0.15, -0.1) is 0 Å². The number of carboxylic acid groups (broad SMARTS) is 1. The Kier molecular flexibility index (Phi) is 3.51. The highest BCUT2D eigenvalue weighted by Crippen LogP contribution is 2.42. The Morgan fingerprint density at radius 2 is 1.88 bits per heavy atom. The van der Waals surface area contributed by atoms with Crippen LogP contribution >= 0.6 is 0 Å². The number of hydrogen-bond acceptors (Lipinski definition) is 5. The quantitative estimate of drug-likeness (QED) is 0.661. The second-order valence-corrected chi connectivity index (χ2v) is 3.60. The Morgan fingerprint density at radius 3 is 2.19 bits per heavy atom. The number of carbonyl (C=O) groups is 1. The van der Waals surface area contributed by atoms with Crippen molar-refractivity contribution in [2.75, 3.05) is 13.2 Å².